The van der Waals surface area contributed by atoms with Gasteiger partial charge in [-0.05, 0) is 79.7 Å². The molecule has 2 fully saturated rings. The molecular weight excluding hydrogens is 564 g/mol. The van der Waals surface area contributed by atoms with Gasteiger partial charge in [0, 0.05) is 5.56 Å². The first-order valence-electron chi connectivity index (χ1n) is 16.5. The molecule has 0 bridgehead atoms. The molecule has 4 rings (SSSR count). The molecule has 0 saturated heterocycles. The van der Waals surface area contributed by atoms with Crippen molar-refractivity contribution in [2.75, 3.05) is 13.2 Å². The van der Waals surface area contributed by atoms with E-state index in [0.29, 0.717) is 29.9 Å². The van der Waals surface area contributed by atoms with E-state index < -0.39 is 18.2 Å². The highest BCUT2D eigenvalue weighted by atomic mass is 16.5. The normalized spacial score (nSPS) is 18.2. The van der Waals surface area contributed by atoms with E-state index in [0.717, 1.165) is 24.0 Å². The molecule has 2 N–H and O–H groups in total. The first kappa shape index (κ1) is 34.2. The van der Waals surface area contributed by atoms with E-state index in [-0.39, 0.29) is 30.4 Å². The fourth-order valence-electron chi connectivity index (χ4n) is 6.47. The Balaban J connectivity index is 1.51. The summed E-state index contributed by atoms with van der Waals surface area (Å²) in [7, 11) is 0. The molecule has 2 atom stereocenters. The highest BCUT2D eigenvalue weighted by Gasteiger charge is 2.38. The summed E-state index contributed by atoms with van der Waals surface area (Å²) in [5.74, 6) is 0.265. The second-order valence-corrected chi connectivity index (χ2v) is 14.1. The average Bonchev–Trinajstić information content (AvgIpc) is 3.48. The van der Waals surface area contributed by atoms with E-state index in [4.69, 9.17) is 14.5 Å². The third-order valence-corrected chi connectivity index (χ3v) is 9.15. The summed E-state index contributed by atoms with van der Waals surface area (Å²) >= 11 is 0. The molecule has 2 saturated carbocycles. The van der Waals surface area contributed by atoms with Gasteiger partial charge in [0.25, 0.3) is 0 Å². The molecule has 2 amide bonds. The van der Waals surface area contributed by atoms with Crippen LogP contribution in [0.2, 0.25) is 0 Å². The second kappa shape index (κ2) is 16.0. The maximum Gasteiger partial charge on any atom is 0.412 e. The number of aryl methyl sites for hydroxylation is 1. The lowest BCUT2D eigenvalue weighted by Crippen LogP contribution is -2.44. The molecule has 8 heteroatoms. The van der Waals surface area contributed by atoms with Crippen molar-refractivity contribution in [2.45, 2.75) is 104 Å². The van der Waals surface area contributed by atoms with Crippen LogP contribution in [0, 0.1) is 35.0 Å². The smallest absolute Gasteiger partial charge is 0.412 e. The standard InChI is InChI=1S/C37H50N4O4/c1-27-12-8-9-15-30(27)24-44-25-31(23-38)39-34(42)32(22-28-16-20-37(21-17-28)18-10-11-19-37)40-33(29-13-6-5-7-14-29)41-35(43)45-26-36(2,3)4/h5-9,12-15,28,31-32H,10-11,16-22,24-26H2,1-4H3,(H,39,42)(H,40,41,43). The van der Waals surface area contributed by atoms with Crippen LogP contribution in [0.5, 0.6) is 0 Å². The van der Waals surface area contributed by atoms with Gasteiger partial charge in [-0.1, -0.05) is 88.2 Å². The van der Waals surface area contributed by atoms with E-state index in [1.54, 1.807) is 0 Å². The number of benzene rings is 2. The van der Waals surface area contributed by atoms with Crippen LogP contribution < -0.4 is 10.6 Å². The molecule has 8 nitrogen and oxygen atoms in total. The topological polar surface area (TPSA) is 113 Å². The summed E-state index contributed by atoms with van der Waals surface area (Å²) in [5.41, 5.74) is 3.10. The van der Waals surface area contributed by atoms with Crippen LogP contribution >= 0.6 is 0 Å². The highest BCUT2D eigenvalue weighted by molar-refractivity contribution is 6.07. The minimum atomic E-state index is -0.836. The van der Waals surface area contributed by atoms with Gasteiger partial charge in [-0.25, -0.2) is 4.79 Å². The molecule has 45 heavy (non-hydrogen) atoms. The lowest BCUT2D eigenvalue weighted by molar-refractivity contribution is -0.123. The van der Waals surface area contributed by atoms with Gasteiger partial charge in [-0.3, -0.25) is 15.1 Å². The van der Waals surface area contributed by atoms with Crippen molar-refractivity contribution >= 4 is 17.8 Å². The maximum absolute atomic E-state index is 13.9. The maximum atomic E-state index is 13.9. The number of amides is 2. The number of ether oxygens (including phenoxy) is 2. The minimum Gasteiger partial charge on any atom is -0.449 e. The number of amidine groups is 1. The number of hydrogen-bond donors (Lipinski definition) is 2. The molecular formula is C37H50N4O4. The van der Waals surface area contributed by atoms with Gasteiger partial charge in [0.05, 0.1) is 25.9 Å². The largest absolute Gasteiger partial charge is 0.449 e. The van der Waals surface area contributed by atoms with Crippen molar-refractivity contribution in [3.8, 4) is 6.07 Å². The molecule has 2 aliphatic rings. The van der Waals surface area contributed by atoms with Crippen LogP contribution in [0.15, 0.2) is 59.6 Å². The SMILES string of the molecule is Cc1ccccc1COCC(C#N)NC(=O)C(CC1CCC2(CCCC2)CC1)N=C(NC(=O)OCC(C)(C)C)c1ccccc1. The molecule has 0 heterocycles. The molecule has 0 aliphatic heterocycles. The minimum absolute atomic E-state index is 0.0574. The van der Waals surface area contributed by atoms with E-state index in [9.17, 15) is 14.9 Å². The van der Waals surface area contributed by atoms with Gasteiger partial charge in [-0.2, -0.15) is 5.26 Å². The summed E-state index contributed by atoms with van der Waals surface area (Å²) in [5, 5.41) is 15.6. The third kappa shape index (κ3) is 10.7. The van der Waals surface area contributed by atoms with Crippen molar-refractivity contribution in [1.29, 1.82) is 5.26 Å². The average molecular weight is 615 g/mol. The van der Waals surface area contributed by atoms with Crippen LogP contribution in [-0.2, 0) is 20.9 Å². The number of hydrogen-bond acceptors (Lipinski definition) is 6. The molecule has 2 aromatic carbocycles. The van der Waals surface area contributed by atoms with Gasteiger partial charge < -0.3 is 14.8 Å². The van der Waals surface area contributed by atoms with Crippen LogP contribution in [0.3, 0.4) is 0 Å². The van der Waals surface area contributed by atoms with Crippen LogP contribution in [-0.4, -0.2) is 43.1 Å². The Kier molecular flexibility index (Phi) is 12.2. The number of alkyl carbamates (subject to hydrolysis) is 1. The zero-order valence-electron chi connectivity index (χ0n) is 27.4. The number of nitriles is 1. The predicted octanol–water partition coefficient (Wildman–Crippen LogP) is 7.25. The molecule has 2 unspecified atom stereocenters. The van der Waals surface area contributed by atoms with E-state index in [2.05, 4.69) is 16.7 Å². The van der Waals surface area contributed by atoms with Gasteiger partial charge in [0.2, 0.25) is 5.91 Å². The lowest BCUT2D eigenvalue weighted by Gasteiger charge is -2.38. The van der Waals surface area contributed by atoms with E-state index >= 15 is 0 Å². The summed E-state index contributed by atoms with van der Waals surface area (Å²) in [6.45, 7) is 8.63. The summed E-state index contributed by atoms with van der Waals surface area (Å²) in [6.07, 6.45) is 9.67. The zero-order chi connectivity index (χ0) is 32.3. The van der Waals surface area contributed by atoms with Crippen LogP contribution in [0.1, 0.15) is 95.2 Å². The van der Waals surface area contributed by atoms with Gasteiger partial charge in [0.15, 0.2) is 0 Å². The Morgan fingerprint density at radius 2 is 1.69 bits per heavy atom. The van der Waals surface area contributed by atoms with Crippen molar-refractivity contribution in [2.24, 2.45) is 21.7 Å². The van der Waals surface area contributed by atoms with Gasteiger partial charge >= 0.3 is 6.09 Å². The molecule has 2 aromatic rings. The molecule has 0 aromatic heterocycles. The third-order valence-electron chi connectivity index (χ3n) is 9.15. The van der Waals surface area contributed by atoms with Crippen molar-refractivity contribution in [3.63, 3.8) is 0 Å². The lowest BCUT2D eigenvalue weighted by atomic mass is 9.68. The highest BCUT2D eigenvalue weighted by Crippen LogP contribution is 2.50. The molecule has 0 radical (unpaired) electrons. The first-order chi connectivity index (χ1) is 21.6. The second-order valence-electron chi connectivity index (χ2n) is 14.1. The summed E-state index contributed by atoms with van der Waals surface area (Å²) < 4.78 is 11.3. The van der Waals surface area contributed by atoms with Crippen molar-refractivity contribution in [1.82, 2.24) is 10.6 Å². The Bertz CT molecular complexity index is 1330. The van der Waals surface area contributed by atoms with Crippen LogP contribution in [0.4, 0.5) is 4.79 Å². The number of rotatable bonds is 11. The molecule has 1 spiro atoms. The van der Waals surface area contributed by atoms with E-state index in [1.165, 1.54) is 38.5 Å². The Morgan fingerprint density at radius 3 is 2.33 bits per heavy atom. The number of carbonyl (C=O) groups excluding carboxylic acids is 2. The Labute approximate surface area is 269 Å². The predicted molar refractivity (Wildman–Crippen MR) is 177 cm³/mol. The number of carbonyl (C=O) groups is 2. The number of nitrogens with one attached hydrogen (secondary N) is 2. The number of aliphatic imine (C=N–C) groups is 1. The van der Waals surface area contributed by atoms with E-state index in [1.807, 2.05) is 82.3 Å². The fraction of sp³-hybridized carbons (Fsp3) is 0.568. The number of nitrogens with zero attached hydrogens (tertiary/aromatic N) is 2. The monoisotopic (exact) mass is 614 g/mol. The zero-order valence-corrected chi connectivity index (χ0v) is 27.4. The quantitative estimate of drug-likeness (QED) is 0.205. The fourth-order valence-corrected chi connectivity index (χ4v) is 6.47. The summed E-state index contributed by atoms with van der Waals surface area (Å²) in [4.78, 5) is 31.6. The Hall–Kier alpha value is -3.70. The molecule has 242 valence electrons. The van der Waals surface area contributed by atoms with Crippen LogP contribution in [0.25, 0.3) is 0 Å². The Morgan fingerprint density at radius 1 is 1.02 bits per heavy atom. The summed E-state index contributed by atoms with van der Waals surface area (Å²) in [6, 6.07) is 17.8. The van der Waals surface area contributed by atoms with Gasteiger partial charge in [0.1, 0.15) is 17.9 Å². The van der Waals surface area contributed by atoms with Crippen molar-refractivity contribution in [3.05, 3.63) is 71.3 Å². The van der Waals surface area contributed by atoms with Gasteiger partial charge in [-0.15, -0.1) is 0 Å². The molecule has 2 aliphatic carbocycles. The van der Waals surface area contributed by atoms with Crippen molar-refractivity contribution < 1.29 is 19.1 Å². The first-order valence-corrected chi connectivity index (χ1v) is 16.5.